The Labute approximate surface area is 116 Å². The van der Waals surface area contributed by atoms with Gasteiger partial charge in [-0.2, -0.15) is 0 Å². The molecular formula is C11H17N3O5S. The fourth-order valence-corrected chi connectivity index (χ4v) is 2.76. The lowest BCUT2D eigenvalue weighted by molar-refractivity contribution is -0.137. The molecule has 0 unspecified atom stereocenters. The third-order valence-corrected chi connectivity index (χ3v) is 4.08. The smallest absolute Gasteiger partial charge is 0.303 e. The molecule has 0 fully saturated rings. The SMILES string of the molecule is Cn1cc(S(=O)(=O)NCCCCC(=O)O)cc1C(N)=O. The summed E-state index contributed by atoms with van der Waals surface area (Å²) >= 11 is 0. The third-order valence-electron chi connectivity index (χ3n) is 2.65. The van der Waals surface area contributed by atoms with Gasteiger partial charge in [-0.3, -0.25) is 9.59 Å². The molecule has 112 valence electrons. The van der Waals surface area contributed by atoms with Gasteiger partial charge in [0.1, 0.15) is 10.6 Å². The van der Waals surface area contributed by atoms with Gasteiger partial charge < -0.3 is 15.4 Å². The molecule has 1 rings (SSSR count). The first kappa shape index (κ1) is 16.2. The lowest BCUT2D eigenvalue weighted by Crippen LogP contribution is -2.24. The van der Waals surface area contributed by atoms with Gasteiger partial charge in [0.05, 0.1) is 0 Å². The molecule has 0 radical (unpaired) electrons. The van der Waals surface area contributed by atoms with Crippen LogP contribution in [0.5, 0.6) is 0 Å². The maximum atomic E-state index is 11.9. The zero-order chi connectivity index (χ0) is 15.3. The van der Waals surface area contributed by atoms with Crippen molar-refractivity contribution in [1.82, 2.24) is 9.29 Å². The lowest BCUT2D eigenvalue weighted by atomic mass is 10.2. The van der Waals surface area contributed by atoms with Crippen molar-refractivity contribution < 1.29 is 23.1 Å². The Hall–Kier alpha value is -1.87. The molecule has 20 heavy (non-hydrogen) atoms. The molecule has 0 bridgehead atoms. The number of unbranched alkanes of at least 4 members (excludes halogenated alkanes) is 1. The second-order valence-corrected chi connectivity index (χ2v) is 6.05. The summed E-state index contributed by atoms with van der Waals surface area (Å²) in [5, 5.41) is 8.45. The zero-order valence-electron chi connectivity index (χ0n) is 11.0. The first-order chi connectivity index (χ1) is 9.24. The molecule has 9 heteroatoms. The first-order valence-electron chi connectivity index (χ1n) is 5.91. The van der Waals surface area contributed by atoms with Crippen molar-refractivity contribution >= 4 is 21.9 Å². The molecule has 1 aromatic rings. The van der Waals surface area contributed by atoms with Crippen molar-refractivity contribution in [1.29, 1.82) is 0 Å². The first-order valence-corrected chi connectivity index (χ1v) is 7.40. The van der Waals surface area contributed by atoms with Crippen molar-refractivity contribution in [2.45, 2.75) is 24.2 Å². The predicted octanol–water partition coefficient (Wildman–Crippen LogP) is -0.343. The fourth-order valence-electron chi connectivity index (χ4n) is 1.62. The Balaban J connectivity index is 2.63. The van der Waals surface area contributed by atoms with Crippen molar-refractivity contribution in [2.24, 2.45) is 12.8 Å². The number of amides is 1. The molecule has 0 aromatic carbocycles. The van der Waals surface area contributed by atoms with Crippen LogP contribution in [0, 0.1) is 0 Å². The summed E-state index contributed by atoms with van der Waals surface area (Å²) in [5.74, 6) is -1.63. The third kappa shape index (κ3) is 4.35. The highest BCUT2D eigenvalue weighted by atomic mass is 32.2. The summed E-state index contributed by atoms with van der Waals surface area (Å²) in [6.45, 7) is 0.135. The number of primary amides is 1. The summed E-state index contributed by atoms with van der Waals surface area (Å²) < 4.78 is 27.5. The number of carbonyl (C=O) groups is 2. The van der Waals surface area contributed by atoms with E-state index in [0.29, 0.717) is 12.8 Å². The van der Waals surface area contributed by atoms with E-state index in [1.165, 1.54) is 23.9 Å². The molecule has 8 nitrogen and oxygen atoms in total. The van der Waals surface area contributed by atoms with E-state index < -0.39 is 21.9 Å². The summed E-state index contributed by atoms with van der Waals surface area (Å²) in [7, 11) is -2.20. The summed E-state index contributed by atoms with van der Waals surface area (Å²) in [5.41, 5.74) is 5.20. The molecule has 1 aromatic heterocycles. The van der Waals surface area contributed by atoms with Crippen molar-refractivity contribution in [3.8, 4) is 0 Å². The molecule has 0 aliphatic heterocycles. The normalized spacial score (nSPS) is 11.4. The number of nitrogens with one attached hydrogen (secondary N) is 1. The molecule has 0 aliphatic rings. The number of aliphatic carboxylic acids is 1. The number of nitrogens with zero attached hydrogens (tertiary/aromatic N) is 1. The molecule has 0 saturated carbocycles. The number of hydrogen-bond acceptors (Lipinski definition) is 4. The number of carbonyl (C=O) groups excluding carboxylic acids is 1. The Morgan fingerprint density at radius 3 is 2.55 bits per heavy atom. The summed E-state index contributed by atoms with van der Waals surface area (Å²) in [6, 6.07) is 1.20. The maximum Gasteiger partial charge on any atom is 0.303 e. The van der Waals surface area contributed by atoms with Gasteiger partial charge in [0, 0.05) is 26.2 Å². The quantitative estimate of drug-likeness (QED) is 0.565. The highest BCUT2D eigenvalue weighted by Crippen LogP contribution is 2.13. The molecule has 0 atom stereocenters. The van der Waals surface area contributed by atoms with Crippen LogP contribution in [0.3, 0.4) is 0 Å². The zero-order valence-corrected chi connectivity index (χ0v) is 11.8. The average Bonchev–Trinajstić information content (AvgIpc) is 2.71. The van der Waals surface area contributed by atoms with Crippen molar-refractivity contribution in [3.05, 3.63) is 18.0 Å². The van der Waals surface area contributed by atoms with Gasteiger partial charge in [0.2, 0.25) is 10.0 Å². The lowest BCUT2D eigenvalue weighted by Gasteiger charge is -2.03. The molecule has 1 amide bonds. The van der Waals surface area contributed by atoms with Crippen LogP contribution in [-0.4, -0.2) is 36.5 Å². The van der Waals surface area contributed by atoms with Gasteiger partial charge >= 0.3 is 5.97 Å². The highest BCUT2D eigenvalue weighted by molar-refractivity contribution is 7.89. The van der Waals surface area contributed by atoms with Gasteiger partial charge in [-0.25, -0.2) is 13.1 Å². The van der Waals surface area contributed by atoms with Gasteiger partial charge in [-0.15, -0.1) is 0 Å². The van der Waals surface area contributed by atoms with E-state index in [9.17, 15) is 18.0 Å². The summed E-state index contributed by atoms with van der Waals surface area (Å²) in [4.78, 5) is 21.3. The number of carboxylic acids is 1. The number of hydrogen-bond donors (Lipinski definition) is 3. The number of carboxylic acid groups (broad SMARTS) is 1. The molecule has 0 saturated heterocycles. The fraction of sp³-hybridized carbons (Fsp3) is 0.455. The average molecular weight is 303 g/mol. The van der Waals surface area contributed by atoms with Gasteiger partial charge in [0.15, 0.2) is 0 Å². The van der Waals surface area contributed by atoms with Crippen molar-refractivity contribution in [3.63, 3.8) is 0 Å². The van der Waals surface area contributed by atoms with Crippen LogP contribution in [0.15, 0.2) is 17.2 Å². The number of sulfonamides is 1. The Kier molecular flexibility index (Phi) is 5.28. The van der Waals surface area contributed by atoms with Gasteiger partial charge in [0.25, 0.3) is 5.91 Å². The number of aromatic nitrogens is 1. The van der Waals surface area contributed by atoms with E-state index in [-0.39, 0.29) is 23.6 Å². The van der Waals surface area contributed by atoms with E-state index in [1.807, 2.05) is 0 Å². The Morgan fingerprint density at radius 1 is 1.40 bits per heavy atom. The standard InChI is InChI=1S/C11H17N3O5S/c1-14-7-8(6-9(14)11(12)17)20(18,19)13-5-3-2-4-10(15)16/h6-7,13H,2-5H2,1H3,(H2,12,17)(H,15,16). The molecule has 0 aliphatic carbocycles. The van der Waals surface area contributed by atoms with Crippen LogP contribution in [-0.2, 0) is 21.9 Å². The minimum absolute atomic E-state index is 0.00110. The monoisotopic (exact) mass is 303 g/mol. The van der Waals surface area contributed by atoms with Gasteiger partial charge in [-0.05, 0) is 18.9 Å². The van der Waals surface area contributed by atoms with E-state index in [0.717, 1.165) is 0 Å². The molecule has 1 heterocycles. The number of rotatable bonds is 8. The maximum absolute atomic E-state index is 11.9. The van der Waals surface area contributed by atoms with Crippen LogP contribution in [0.2, 0.25) is 0 Å². The molecular weight excluding hydrogens is 286 g/mol. The molecule has 0 spiro atoms. The number of aryl methyl sites for hydroxylation is 1. The van der Waals surface area contributed by atoms with E-state index >= 15 is 0 Å². The second-order valence-electron chi connectivity index (χ2n) is 4.28. The van der Waals surface area contributed by atoms with E-state index in [4.69, 9.17) is 10.8 Å². The van der Waals surface area contributed by atoms with Crippen LogP contribution < -0.4 is 10.5 Å². The number of nitrogens with two attached hydrogens (primary N) is 1. The molecule has 4 N–H and O–H groups in total. The van der Waals surface area contributed by atoms with Crippen LogP contribution in [0.1, 0.15) is 29.8 Å². The minimum Gasteiger partial charge on any atom is -0.481 e. The summed E-state index contributed by atoms with van der Waals surface area (Å²) in [6.07, 6.45) is 2.10. The van der Waals surface area contributed by atoms with E-state index in [1.54, 1.807) is 0 Å². The van der Waals surface area contributed by atoms with Crippen LogP contribution in [0.25, 0.3) is 0 Å². The minimum atomic E-state index is -3.72. The largest absolute Gasteiger partial charge is 0.481 e. The Bertz CT molecular complexity index is 606. The van der Waals surface area contributed by atoms with Crippen LogP contribution >= 0.6 is 0 Å². The highest BCUT2D eigenvalue weighted by Gasteiger charge is 2.18. The topological polar surface area (TPSA) is 131 Å². The van der Waals surface area contributed by atoms with Gasteiger partial charge in [-0.1, -0.05) is 0 Å². The Morgan fingerprint density at radius 2 is 2.05 bits per heavy atom. The van der Waals surface area contributed by atoms with E-state index in [2.05, 4.69) is 4.72 Å². The predicted molar refractivity (Wildman–Crippen MR) is 70.6 cm³/mol. The second kappa shape index (κ2) is 6.53. The van der Waals surface area contributed by atoms with Crippen molar-refractivity contribution in [2.75, 3.05) is 6.54 Å². The van der Waals surface area contributed by atoms with Crippen LogP contribution in [0.4, 0.5) is 0 Å².